The molecule has 3 aromatic rings. The maximum atomic E-state index is 12.7. The second kappa shape index (κ2) is 8.60. The number of aryl methyl sites for hydroxylation is 1. The van der Waals surface area contributed by atoms with Crippen LogP contribution in [-0.2, 0) is 22.3 Å². The van der Waals surface area contributed by atoms with Gasteiger partial charge in [-0.2, -0.15) is 13.2 Å². The molecule has 0 saturated carbocycles. The normalized spacial score (nSPS) is 15.2. The standard InChI is InChI=1S/C22H21F3N4O3/c1-14-2-4-19-27-17(10-20(30)29(19)12-14)13-32-21(31)15-6-8-28(9-7-15)18-5-3-16(11-26-18)22(23,24)25/h2-5,10-12,15H,6-9,13H2,1H3. The molecule has 0 bridgehead atoms. The number of piperidine rings is 1. The highest BCUT2D eigenvalue weighted by Gasteiger charge is 2.31. The number of fused-ring (bicyclic) bond motifs is 1. The largest absolute Gasteiger partial charge is 0.459 e. The number of rotatable bonds is 4. The lowest BCUT2D eigenvalue weighted by atomic mass is 9.97. The van der Waals surface area contributed by atoms with Gasteiger partial charge in [0.2, 0.25) is 0 Å². The van der Waals surface area contributed by atoms with Crippen molar-refractivity contribution >= 4 is 17.4 Å². The van der Waals surface area contributed by atoms with Crippen molar-refractivity contribution in [2.75, 3.05) is 18.0 Å². The lowest BCUT2D eigenvalue weighted by Gasteiger charge is -2.31. The minimum atomic E-state index is -4.42. The molecule has 3 aromatic heterocycles. The highest BCUT2D eigenvalue weighted by atomic mass is 19.4. The monoisotopic (exact) mass is 446 g/mol. The van der Waals surface area contributed by atoms with Gasteiger partial charge in [0.15, 0.2) is 0 Å². The first-order valence-electron chi connectivity index (χ1n) is 10.1. The molecule has 0 amide bonds. The highest BCUT2D eigenvalue weighted by molar-refractivity contribution is 5.72. The van der Waals surface area contributed by atoms with Gasteiger partial charge in [-0.15, -0.1) is 0 Å². The Balaban J connectivity index is 1.32. The SMILES string of the molecule is Cc1ccc2nc(COC(=O)C3CCN(c4ccc(C(F)(F)F)cn4)CC3)cc(=O)n2c1. The quantitative estimate of drug-likeness (QED) is 0.572. The number of ether oxygens (including phenoxy) is 1. The molecule has 4 heterocycles. The molecule has 0 radical (unpaired) electrons. The maximum Gasteiger partial charge on any atom is 0.417 e. The zero-order valence-corrected chi connectivity index (χ0v) is 17.3. The van der Waals surface area contributed by atoms with Gasteiger partial charge in [-0.25, -0.2) is 9.97 Å². The molecule has 4 rings (SSSR count). The molecule has 1 aliphatic rings. The minimum Gasteiger partial charge on any atom is -0.459 e. The topological polar surface area (TPSA) is 76.8 Å². The molecule has 168 valence electrons. The fraction of sp³-hybridized carbons (Fsp3) is 0.364. The number of carbonyl (C=O) groups excluding carboxylic acids is 1. The van der Waals surface area contributed by atoms with Gasteiger partial charge in [-0.05, 0) is 43.5 Å². The lowest BCUT2D eigenvalue weighted by Crippen LogP contribution is -2.37. The summed E-state index contributed by atoms with van der Waals surface area (Å²) in [6.07, 6.45) is -0.925. The predicted octanol–water partition coefficient (Wildman–Crippen LogP) is 3.38. The first-order chi connectivity index (χ1) is 15.2. The summed E-state index contributed by atoms with van der Waals surface area (Å²) < 4.78 is 44.9. The number of anilines is 1. The fourth-order valence-corrected chi connectivity index (χ4v) is 3.68. The van der Waals surface area contributed by atoms with E-state index in [2.05, 4.69) is 9.97 Å². The molecule has 7 nitrogen and oxygen atoms in total. The van der Waals surface area contributed by atoms with Gasteiger partial charge in [0.1, 0.15) is 18.1 Å². The second-order valence-electron chi connectivity index (χ2n) is 7.79. The van der Waals surface area contributed by atoms with Gasteiger partial charge in [0.25, 0.3) is 5.56 Å². The highest BCUT2D eigenvalue weighted by Crippen LogP contribution is 2.30. The summed E-state index contributed by atoms with van der Waals surface area (Å²) in [6, 6.07) is 7.26. The Morgan fingerprint density at radius 3 is 2.59 bits per heavy atom. The van der Waals surface area contributed by atoms with Crippen molar-refractivity contribution in [1.29, 1.82) is 0 Å². The summed E-state index contributed by atoms with van der Waals surface area (Å²) in [6.45, 7) is 2.74. The molecule has 10 heteroatoms. The minimum absolute atomic E-state index is 0.0981. The number of nitrogens with zero attached hydrogens (tertiary/aromatic N) is 4. The number of alkyl halides is 3. The predicted molar refractivity (Wildman–Crippen MR) is 110 cm³/mol. The molecule has 32 heavy (non-hydrogen) atoms. The van der Waals surface area contributed by atoms with Crippen molar-refractivity contribution in [2.24, 2.45) is 5.92 Å². The van der Waals surface area contributed by atoms with Crippen LogP contribution >= 0.6 is 0 Å². The van der Waals surface area contributed by atoms with Crippen LogP contribution in [0.25, 0.3) is 5.65 Å². The van der Waals surface area contributed by atoms with Crippen molar-refractivity contribution in [3.63, 3.8) is 0 Å². The summed E-state index contributed by atoms with van der Waals surface area (Å²) in [5.41, 5.74) is 0.738. The van der Waals surface area contributed by atoms with Gasteiger partial charge in [0, 0.05) is 31.5 Å². The van der Waals surface area contributed by atoms with Gasteiger partial charge in [-0.3, -0.25) is 14.0 Å². The molecule has 0 unspecified atom stereocenters. The van der Waals surface area contributed by atoms with Crippen LogP contribution in [0, 0.1) is 12.8 Å². The van der Waals surface area contributed by atoms with Crippen LogP contribution in [0.2, 0.25) is 0 Å². The third kappa shape index (κ3) is 4.74. The van der Waals surface area contributed by atoms with Crippen LogP contribution < -0.4 is 10.5 Å². The fourth-order valence-electron chi connectivity index (χ4n) is 3.68. The van der Waals surface area contributed by atoms with Crippen molar-refractivity contribution in [3.8, 4) is 0 Å². The number of hydrogen-bond donors (Lipinski definition) is 0. The number of carbonyl (C=O) groups is 1. The van der Waals surface area contributed by atoms with Crippen molar-refractivity contribution in [3.05, 3.63) is 69.9 Å². The van der Waals surface area contributed by atoms with Crippen LogP contribution in [0.1, 0.15) is 29.7 Å². The Bertz CT molecular complexity index is 1180. The lowest BCUT2D eigenvalue weighted by molar-refractivity contribution is -0.150. The summed E-state index contributed by atoms with van der Waals surface area (Å²) in [7, 11) is 0. The Kier molecular flexibility index (Phi) is 5.86. The Labute approximate surface area is 181 Å². The first-order valence-corrected chi connectivity index (χ1v) is 10.1. The van der Waals surface area contributed by atoms with E-state index < -0.39 is 11.7 Å². The van der Waals surface area contributed by atoms with E-state index in [0.29, 0.717) is 43.1 Å². The van der Waals surface area contributed by atoms with Crippen molar-refractivity contribution in [2.45, 2.75) is 32.5 Å². The number of halogens is 3. The Hall–Kier alpha value is -3.43. The summed E-state index contributed by atoms with van der Waals surface area (Å²) in [5.74, 6) is -0.262. The number of esters is 1. The van der Waals surface area contributed by atoms with E-state index in [1.165, 1.54) is 16.5 Å². The molecule has 0 N–H and O–H groups in total. The molecule has 0 spiro atoms. The third-order valence-corrected chi connectivity index (χ3v) is 5.45. The van der Waals surface area contributed by atoms with Crippen LogP contribution in [0.5, 0.6) is 0 Å². The van der Waals surface area contributed by atoms with Gasteiger partial charge in [-0.1, -0.05) is 6.07 Å². The van der Waals surface area contributed by atoms with Gasteiger partial charge >= 0.3 is 12.1 Å². The first kappa shape index (κ1) is 21.8. The van der Waals surface area contributed by atoms with Crippen molar-refractivity contribution < 1.29 is 22.7 Å². The van der Waals surface area contributed by atoms with Crippen molar-refractivity contribution in [1.82, 2.24) is 14.4 Å². The molecular weight excluding hydrogens is 425 g/mol. The zero-order valence-electron chi connectivity index (χ0n) is 17.3. The van der Waals surface area contributed by atoms with E-state index >= 15 is 0 Å². The number of pyridine rings is 2. The summed E-state index contributed by atoms with van der Waals surface area (Å²) >= 11 is 0. The average molecular weight is 446 g/mol. The Morgan fingerprint density at radius 1 is 1.19 bits per heavy atom. The molecule has 0 aliphatic carbocycles. The number of hydrogen-bond acceptors (Lipinski definition) is 6. The van der Waals surface area contributed by atoms with Crippen LogP contribution in [-0.4, -0.2) is 33.4 Å². The van der Waals surface area contributed by atoms with E-state index in [9.17, 15) is 22.8 Å². The Morgan fingerprint density at radius 2 is 1.94 bits per heavy atom. The van der Waals surface area contributed by atoms with Gasteiger partial charge < -0.3 is 9.64 Å². The summed E-state index contributed by atoms with van der Waals surface area (Å²) in [4.78, 5) is 34.8. The average Bonchev–Trinajstić information content (AvgIpc) is 2.77. The van der Waals surface area contributed by atoms with E-state index in [1.54, 1.807) is 12.3 Å². The van der Waals surface area contributed by atoms with Crippen LogP contribution in [0.15, 0.2) is 47.5 Å². The van der Waals surface area contributed by atoms with Gasteiger partial charge in [0.05, 0.1) is 17.2 Å². The number of aromatic nitrogens is 3. The molecule has 1 aliphatic heterocycles. The smallest absolute Gasteiger partial charge is 0.417 e. The van der Waals surface area contributed by atoms with E-state index in [1.807, 2.05) is 17.9 Å². The zero-order chi connectivity index (χ0) is 22.9. The van der Waals surface area contributed by atoms with E-state index in [-0.39, 0.29) is 24.1 Å². The van der Waals surface area contributed by atoms with Crippen LogP contribution in [0.3, 0.4) is 0 Å². The maximum absolute atomic E-state index is 12.7. The molecule has 1 saturated heterocycles. The van der Waals surface area contributed by atoms with E-state index in [4.69, 9.17) is 4.74 Å². The third-order valence-electron chi connectivity index (χ3n) is 5.45. The molecule has 0 atom stereocenters. The van der Waals surface area contributed by atoms with Crippen LogP contribution in [0.4, 0.5) is 19.0 Å². The second-order valence-corrected chi connectivity index (χ2v) is 7.79. The molecule has 0 aromatic carbocycles. The molecular formula is C22H21F3N4O3. The molecule has 1 fully saturated rings. The summed E-state index contributed by atoms with van der Waals surface area (Å²) in [5, 5.41) is 0. The van der Waals surface area contributed by atoms with E-state index in [0.717, 1.165) is 17.8 Å².